The van der Waals surface area contributed by atoms with Crippen LogP contribution in [0.15, 0.2) is 4.52 Å². The molecule has 2 heterocycles. The lowest BCUT2D eigenvalue weighted by atomic mass is 9.86. The van der Waals surface area contributed by atoms with Gasteiger partial charge in [0.15, 0.2) is 5.82 Å². The number of hydrogen-bond donors (Lipinski definition) is 0. The molecule has 1 aromatic rings. The first-order chi connectivity index (χ1) is 10.8. The fourth-order valence-electron chi connectivity index (χ4n) is 3.97. The number of aromatic nitrogens is 2. The summed E-state index contributed by atoms with van der Waals surface area (Å²) < 4.78 is 5.47. The molecule has 0 bridgehead atoms. The maximum Gasteiger partial charge on any atom is 0.249 e. The van der Waals surface area contributed by atoms with E-state index < -0.39 is 0 Å². The van der Waals surface area contributed by atoms with Crippen molar-refractivity contribution in [3.63, 3.8) is 0 Å². The van der Waals surface area contributed by atoms with Crippen LogP contribution in [0.2, 0.25) is 0 Å². The van der Waals surface area contributed by atoms with Crippen LogP contribution in [0, 0.1) is 5.92 Å². The highest BCUT2D eigenvalue weighted by Gasteiger charge is 2.36. The summed E-state index contributed by atoms with van der Waals surface area (Å²) >= 11 is 0. The molecule has 5 nitrogen and oxygen atoms in total. The van der Waals surface area contributed by atoms with E-state index >= 15 is 0 Å². The maximum atomic E-state index is 12.7. The van der Waals surface area contributed by atoms with Gasteiger partial charge in [-0.15, -0.1) is 0 Å². The minimum atomic E-state index is 0.0242. The first-order valence-corrected chi connectivity index (χ1v) is 8.94. The molecule has 1 aliphatic heterocycles. The lowest BCUT2D eigenvalue weighted by Crippen LogP contribution is -2.32. The van der Waals surface area contributed by atoms with E-state index in [0.717, 1.165) is 25.2 Å². The van der Waals surface area contributed by atoms with E-state index in [1.54, 1.807) is 0 Å². The molecule has 0 radical (unpaired) electrons. The van der Waals surface area contributed by atoms with E-state index in [2.05, 4.69) is 10.1 Å². The van der Waals surface area contributed by atoms with Crippen LogP contribution in [0.4, 0.5) is 0 Å². The van der Waals surface area contributed by atoms with Gasteiger partial charge in [0.25, 0.3) is 0 Å². The number of likely N-dealkylation sites (tertiary alicyclic amines) is 1. The molecule has 1 atom stereocenters. The molecule has 0 N–H and O–H groups in total. The second-order valence-electron chi connectivity index (χ2n) is 7.22. The second-order valence-corrected chi connectivity index (χ2v) is 7.22. The second kappa shape index (κ2) is 6.01. The van der Waals surface area contributed by atoms with Crippen molar-refractivity contribution in [3.8, 4) is 0 Å². The number of rotatable bonds is 4. The highest BCUT2D eigenvalue weighted by Crippen LogP contribution is 2.40. The average Bonchev–Trinajstić information content (AvgIpc) is 3.08. The SMILES string of the molecule is O=C(CC1CCCCC1)N1CCCC1c1nc(C2CC2)no1. The van der Waals surface area contributed by atoms with E-state index in [1.807, 2.05) is 4.90 Å². The third-order valence-electron chi connectivity index (χ3n) is 5.45. The molecular formula is C17H25N3O2. The molecule has 0 spiro atoms. The van der Waals surface area contributed by atoms with Crippen LogP contribution in [0.25, 0.3) is 0 Å². The Labute approximate surface area is 131 Å². The van der Waals surface area contributed by atoms with Crippen molar-refractivity contribution in [2.45, 2.75) is 76.2 Å². The Morgan fingerprint density at radius 3 is 2.68 bits per heavy atom. The number of amides is 1. The topological polar surface area (TPSA) is 59.2 Å². The Balaban J connectivity index is 1.41. The molecule has 3 aliphatic rings. The molecule has 4 rings (SSSR count). The Kier molecular flexibility index (Phi) is 3.89. The Bertz CT molecular complexity index is 532. The Hall–Kier alpha value is -1.39. The number of carbonyl (C=O) groups is 1. The first kappa shape index (κ1) is 14.2. The largest absolute Gasteiger partial charge is 0.337 e. The minimum absolute atomic E-state index is 0.0242. The summed E-state index contributed by atoms with van der Waals surface area (Å²) in [6, 6.07) is 0.0242. The summed E-state index contributed by atoms with van der Waals surface area (Å²) in [5.41, 5.74) is 0. The Morgan fingerprint density at radius 1 is 1.09 bits per heavy atom. The molecule has 22 heavy (non-hydrogen) atoms. The van der Waals surface area contributed by atoms with Gasteiger partial charge < -0.3 is 9.42 Å². The predicted octanol–water partition coefficient (Wildman–Crippen LogP) is 3.58. The van der Waals surface area contributed by atoms with Crippen molar-refractivity contribution in [3.05, 3.63) is 11.7 Å². The maximum absolute atomic E-state index is 12.7. The van der Waals surface area contributed by atoms with Crippen molar-refractivity contribution in [2.24, 2.45) is 5.92 Å². The third-order valence-corrected chi connectivity index (χ3v) is 5.45. The molecular weight excluding hydrogens is 278 g/mol. The fraction of sp³-hybridized carbons (Fsp3) is 0.824. The molecule has 0 aromatic carbocycles. The van der Waals surface area contributed by atoms with Crippen LogP contribution in [0.3, 0.4) is 0 Å². The number of nitrogens with zero attached hydrogens (tertiary/aromatic N) is 3. The molecule has 2 aliphatic carbocycles. The summed E-state index contributed by atoms with van der Waals surface area (Å²) in [4.78, 5) is 19.2. The molecule has 1 aromatic heterocycles. The van der Waals surface area contributed by atoms with E-state index in [1.165, 1.54) is 44.9 Å². The smallest absolute Gasteiger partial charge is 0.249 e. The number of hydrogen-bond acceptors (Lipinski definition) is 4. The van der Waals surface area contributed by atoms with Crippen molar-refractivity contribution >= 4 is 5.91 Å². The van der Waals surface area contributed by atoms with E-state index in [4.69, 9.17) is 4.52 Å². The summed E-state index contributed by atoms with van der Waals surface area (Å²) in [5, 5.41) is 4.11. The summed E-state index contributed by atoms with van der Waals surface area (Å²) in [6.45, 7) is 0.845. The van der Waals surface area contributed by atoms with Crippen molar-refractivity contribution < 1.29 is 9.32 Å². The normalized spacial score (nSPS) is 26.5. The average molecular weight is 303 g/mol. The summed E-state index contributed by atoms with van der Waals surface area (Å²) in [7, 11) is 0. The van der Waals surface area contributed by atoms with E-state index in [9.17, 15) is 4.79 Å². The molecule has 120 valence electrons. The summed E-state index contributed by atoms with van der Waals surface area (Å²) in [6.07, 6.45) is 11.4. The van der Waals surface area contributed by atoms with E-state index in [0.29, 0.717) is 30.1 Å². The van der Waals surface area contributed by atoms with E-state index in [-0.39, 0.29) is 6.04 Å². The molecule has 1 saturated heterocycles. The van der Waals surface area contributed by atoms with Crippen LogP contribution in [0.5, 0.6) is 0 Å². The van der Waals surface area contributed by atoms with Gasteiger partial charge in [-0.25, -0.2) is 0 Å². The zero-order valence-electron chi connectivity index (χ0n) is 13.2. The fourth-order valence-corrected chi connectivity index (χ4v) is 3.97. The monoisotopic (exact) mass is 303 g/mol. The van der Waals surface area contributed by atoms with Gasteiger partial charge in [-0.2, -0.15) is 4.98 Å². The lowest BCUT2D eigenvalue weighted by Gasteiger charge is -2.26. The van der Waals surface area contributed by atoms with Crippen LogP contribution in [0.1, 0.15) is 87.9 Å². The lowest BCUT2D eigenvalue weighted by molar-refractivity contribution is -0.133. The van der Waals surface area contributed by atoms with Gasteiger partial charge in [0, 0.05) is 18.9 Å². The highest BCUT2D eigenvalue weighted by atomic mass is 16.5. The van der Waals surface area contributed by atoms with Gasteiger partial charge in [-0.05, 0) is 44.4 Å². The molecule has 1 amide bonds. The van der Waals surface area contributed by atoms with Gasteiger partial charge in [-0.1, -0.05) is 24.4 Å². The quantitative estimate of drug-likeness (QED) is 0.853. The highest BCUT2D eigenvalue weighted by molar-refractivity contribution is 5.77. The predicted molar refractivity (Wildman–Crippen MR) is 81.2 cm³/mol. The molecule has 3 fully saturated rings. The van der Waals surface area contributed by atoms with Crippen LogP contribution in [-0.4, -0.2) is 27.5 Å². The minimum Gasteiger partial charge on any atom is -0.337 e. The van der Waals surface area contributed by atoms with Gasteiger partial charge >= 0.3 is 0 Å². The third kappa shape index (κ3) is 2.90. The van der Waals surface area contributed by atoms with Crippen LogP contribution >= 0.6 is 0 Å². The zero-order chi connectivity index (χ0) is 14.9. The summed E-state index contributed by atoms with van der Waals surface area (Å²) in [5.74, 6) is 2.90. The van der Waals surface area contributed by atoms with Gasteiger partial charge in [0.05, 0.1) is 0 Å². The van der Waals surface area contributed by atoms with Crippen LogP contribution in [-0.2, 0) is 4.79 Å². The van der Waals surface area contributed by atoms with Gasteiger partial charge in [0.2, 0.25) is 11.8 Å². The molecule has 2 saturated carbocycles. The van der Waals surface area contributed by atoms with Crippen molar-refractivity contribution in [1.29, 1.82) is 0 Å². The number of carbonyl (C=O) groups excluding carboxylic acids is 1. The zero-order valence-corrected chi connectivity index (χ0v) is 13.2. The molecule has 5 heteroatoms. The van der Waals surface area contributed by atoms with Crippen molar-refractivity contribution in [2.75, 3.05) is 6.54 Å². The molecule has 1 unspecified atom stereocenters. The van der Waals surface area contributed by atoms with Gasteiger partial charge in [0.1, 0.15) is 6.04 Å². The van der Waals surface area contributed by atoms with Crippen molar-refractivity contribution in [1.82, 2.24) is 15.0 Å². The van der Waals surface area contributed by atoms with Crippen LogP contribution < -0.4 is 0 Å². The van der Waals surface area contributed by atoms with Gasteiger partial charge in [-0.3, -0.25) is 4.79 Å². The standard InChI is InChI=1S/C17H25N3O2/c21-15(11-12-5-2-1-3-6-12)20-10-4-7-14(20)17-18-16(19-22-17)13-8-9-13/h12-14H,1-11H2. The Morgan fingerprint density at radius 2 is 1.91 bits per heavy atom. The first-order valence-electron chi connectivity index (χ1n) is 8.94.